The first-order valence-electron chi connectivity index (χ1n) is 9.92. The van der Waals surface area contributed by atoms with Crippen LogP contribution in [0.15, 0.2) is 84.4 Å². The number of hydrogen-bond acceptors (Lipinski definition) is 4. The number of nitrogens with zero attached hydrogens (tertiary/aromatic N) is 1. The van der Waals surface area contributed by atoms with Crippen LogP contribution in [0.25, 0.3) is 12.2 Å². The molecule has 3 aromatic carbocycles. The number of carbonyl (C=O) groups is 2. The van der Waals surface area contributed by atoms with Gasteiger partial charge in [-0.05, 0) is 47.0 Å². The second-order valence-electron chi connectivity index (χ2n) is 7.21. The van der Waals surface area contributed by atoms with Gasteiger partial charge in [0, 0.05) is 41.6 Å². The van der Waals surface area contributed by atoms with E-state index >= 15 is 0 Å². The van der Waals surface area contributed by atoms with Crippen molar-refractivity contribution in [1.82, 2.24) is 0 Å². The first-order chi connectivity index (χ1) is 15.5. The van der Waals surface area contributed by atoms with E-state index < -0.39 is 4.92 Å². The predicted molar refractivity (Wildman–Crippen MR) is 124 cm³/mol. The zero-order chi connectivity index (χ0) is 22.5. The quantitative estimate of drug-likeness (QED) is 0.347. The van der Waals surface area contributed by atoms with Crippen LogP contribution in [0, 0.1) is 10.1 Å². The lowest BCUT2D eigenvalue weighted by Crippen LogP contribution is -2.22. The summed E-state index contributed by atoms with van der Waals surface area (Å²) in [6, 6.07) is 20.8. The largest absolute Gasteiger partial charge is 0.323 e. The summed E-state index contributed by atoms with van der Waals surface area (Å²) in [7, 11) is 0. The van der Waals surface area contributed by atoms with Gasteiger partial charge in [-0.3, -0.25) is 19.7 Å². The Labute approximate surface area is 184 Å². The number of non-ortho nitro benzene ring substituents is 1. The van der Waals surface area contributed by atoms with Gasteiger partial charge in [0.2, 0.25) is 5.91 Å². The van der Waals surface area contributed by atoms with E-state index in [1.807, 2.05) is 54.6 Å². The summed E-state index contributed by atoms with van der Waals surface area (Å²) in [6.45, 7) is 0. The molecule has 4 rings (SSSR count). The van der Waals surface area contributed by atoms with Gasteiger partial charge in [-0.2, -0.15) is 0 Å². The number of nitro groups is 1. The highest BCUT2D eigenvalue weighted by Crippen LogP contribution is 2.27. The van der Waals surface area contributed by atoms with E-state index in [4.69, 9.17) is 0 Å². The van der Waals surface area contributed by atoms with Crippen LogP contribution in [0.2, 0.25) is 0 Å². The van der Waals surface area contributed by atoms with Gasteiger partial charge in [0.15, 0.2) is 0 Å². The van der Waals surface area contributed by atoms with E-state index in [1.54, 1.807) is 6.08 Å². The third kappa shape index (κ3) is 4.79. The molecule has 1 aliphatic heterocycles. The molecule has 0 aromatic heterocycles. The van der Waals surface area contributed by atoms with Crippen molar-refractivity contribution in [3.8, 4) is 0 Å². The molecule has 0 spiro atoms. The average Bonchev–Trinajstić information content (AvgIpc) is 2.79. The minimum absolute atomic E-state index is 0.0464. The Morgan fingerprint density at radius 3 is 2.41 bits per heavy atom. The van der Waals surface area contributed by atoms with E-state index in [0.29, 0.717) is 17.7 Å². The zero-order valence-electron chi connectivity index (χ0n) is 16.9. The first kappa shape index (κ1) is 20.7. The molecule has 7 heteroatoms. The molecule has 2 amide bonds. The van der Waals surface area contributed by atoms with Gasteiger partial charge in [-0.1, -0.05) is 42.5 Å². The number of rotatable bonds is 5. The van der Waals surface area contributed by atoms with E-state index in [9.17, 15) is 19.7 Å². The maximum absolute atomic E-state index is 12.5. The molecule has 1 aliphatic rings. The fraction of sp³-hybridized carbons (Fsp3) is 0.0400. The molecule has 0 saturated carbocycles. The van der Waals surface area contributed by atoms with Crippen LogP contribution in [0.3, 0.4) is 0 Å². The Bertz CT molecular complexity index is 1260. The summed E-state index contributed by atoms with van der Waals surface area (Å²) in [4.78, 5) is 35.0. The highest BCUT2D eigenvalue weighted by molar-refractivity contribution is 6.10. The molecule has 2 N–H and O–H groups in total. The number of nitro benzene ring substituents is 1. The smallest absolute Gasteiger partial charge is 0.269 e. The molecular formula is C25H19N3O4. The van der Waals surface area contributed by atoms with Crippen molar-refractivity contribution in [1.29, 1.82) is 0 Å². The van der Waals surface area contributed by atoms with Crippen LogP contribution >= 0.6 is 0 Å². The average molecular weight is 425 g/mol. The molecule has 0 saturated heterocycles. The van der Waals surface area contributed by atoms with Crippen molar-refractivity contribution in [3.63, 3.8) is 0 Å². The van der Waals surface area contributed by atoms with Crippen molar-refractivity contribution in [2.24, 2.45) is 0 Å². The summed E-state index contributed by atoms with van der Waals surface area (Å²) in [6.07, 6.45) is 5.41. The van der Waals surface area contributed by atoms with E-state index in [2.05, 4.69) is 10.6 Å². The molecule has 0 fully saturated rings. The van der Waals surface area contributed by atoms with Gasteiger partial charge in [0.05, 0.1) is 4.92 Å². The number of carbonyl (C=O) groups excluding carboxylic acids is 2. The first-order valence-corrected chi connectivity index (χ1v) is 9.92. The van der Waals surface area contributed by atoms with Crippen LogP contribution in [-0.4, -0.2) is 16.7 Å². The fourth-order valence-electron chi connectivity index (χ4n) is 3.40. The van der Waals surface area contributed by atoms with Gasteiger partial charge in [0.1, 0.15) is 0 Å². The summed E-state index contributed by atoms with van der Waals surface area (Å²) in [5.41, 5.74) is 4.52. The van der Waals surface area contributed by atoms with Crippen molar-refractivity contribution < 1.29 is 14.5 Å². The maximum atomic E-state index is 12.5. The van der Waals surface area contributed by atoms with Gasteiger partial charge in [-0.15, -0.1) is 0 Å². The minimum atomic E-state index is -0.498. The SMILES string of the molecule is O=C(/C=C/c1ccccc1/C=C1\Cc2ccccc2NC1=O)Nc1ccc([N+](=O)[O-])cc1. The van der Waals surface area contributed by atoms with Crippen LogP contribution in [0.4, 0.5) is 17.1 Å². The number of para-hydroxylation sites is 1. The van der Waals surface area contributed by atoms with Gasteiger partial charge in [0.25, 0.3) is 11.6 Å². The third-order valence-electron chi connectivity index (χ3n) is 5.02. The standard InChI is InChI=1S/C25H19N3O4/c29-24(26-21-10-12-22(13-11-21)28(31)32)14-9-17-5-1-2-6-18(17)15-20-16-19-7-3-4-8-23(19)27-25(20)30/h1-15H,16H2,(H,26,29)(H,27,30)/b14-9+,20-15+. The highest BCUT2D eigenvalue weighted by atomic mass is 16.6. The zero-order valence-corrected chi connectivity index (χ0v) is 16.9. The molecule has 7 nitrogen and oxygen atoms in total. The van der Waals surface area contributed by atoms with E-state index in [1.165, 1.54) is 30.3 Å². The molecule has 0 aliphatic carbocycles. The van der Waals surface area contributed by atoms with Crippen molar-refractivity contribution in [2.45, 2.75) is 6.42 Å². The number of benzene rings is 3. The molecule has 0 unspecified atom stereocenters. The van der Waals surface area contributed by atoms with Crippen molar-refractivity contribution in [2.75, 3.05) is 10.6 Å². The molecule has 0 bridgehead atoms. The van der Waals surface area contributed by atoms with Gasteiger partial charge >= 0.3 is 0 Å². The molecule has 3 aromatic rings. The lowest BCUT2D eigenvalue weighted by Gasteiger charge is -2.19. The second kappa shape index (κ2) is 9.09. The predicted octanol–water partition coefficient (Wildman–Crippen LogP) is 4.82. The van der Waals surface area contributed by atoms with Crippen LogP contribution in [-0.2, 0) is 16.0 Å². The van der Waals surface area contributed by atoms with Crippen LogP contribution in [0.5, 0.6) is 0 Å². The number of amides is 2. The van der Waals surface area contributed by atoms with Gasteiger partial charge < -0.3 is 10.6 Å². The Balaban J connectivity index is 1.50. The summed E-state index contributed by atoms with van der Waals surface area (Å²) >= 11 is 0. The summed E-state index contributed by atoms with van der Waals surface area (Å²) < 4.78 is 0. The number of hydrogen-bond donors (Lipinski definition) is 2. The Morgan fingerprint density at radius 2 is 1.66 bits per heavy atom. The number of anilines is 2. The number of nitrogens with one attached hydrogen (secondary N) is 2. The third-order valence-corrected chi connectivity index (χ3v) is 5.02. The van der Waals surface area contributed by atoms with Crippen LogP contribution < -0.4 is 10.6 Å². The molecular weight excluding hydrogens is 406 g/mol. The highest BCUT2D eigenvalue weighted by Gasteiger charge is 2.19. The lowest BCUT2D eigenvalue weighted by atomic mass is 9.95. The normalized spacial score (nSPS) is 14.1. The van der Waals surface area contributed by atoms with Gasteiger partial charge in [-0.25, -0.2) is 0 Å². The molecule has 32 heavy (non-hydrogen) atoms. The monoisotopic (exact) mass is 425 g/mol. The Kier molecular flexibility index (Phi) is 5.89. The fourth-order valence-corrected chi connectivity index (χ4v) is 3.40. The van der Waals surface area contributed by atoms with E-state index in [0.717, 1.165) is 22.4 Å². The van der Waals surface area contributed by atoms with Crippen molar-refractivity contribution in [3.05, 3.63) is 111 Å². The molecule has 1 heterocycles. The van der Waals surface area contributed by atoms with Crippen molar-refractivity contribution >= 4 is 41.0 Å². The lowest BCUT2D eigenvalue weighted by molar-refractivity contribution is -0.384. The molecule has 158 valence electrons. The van der Waals surface area contributed by atoms with E-state index in [-0.39, 0.29) is 17.5 Å². The maximum Gasteiger partial charge on any atom is 0.269 e. The molecule has 0 atom stereocenters. The Hall–Kier alpha value is -4.52. The minimum Gasteiger partial charge on any atom is -0.323 e. The summed E-state index contributed by atoms with van der Waals surface area (Å²) in [5, 5.41) is 16.3. The second-order valence-corrected chi connectivity index (χ2v) is 7.21. The summed E-state index contributed by atoms with van der Waals surface area (Å²) in [5.74, 6) is -0.510. The Morgan fingerprint density at radius 1 is 0.969 bits per heavy atom. The van der Waals surface area contributed by atoms with Crippen LogP contribution in [0.1, 0.15) is 16.7 Å². The topological polar surface area (TPSA) is 101 Å². The number of fused-ring (bicyclic) bond motifs is 1. The molecule has 0 radical (unpaired) electrons.